The standard InChI is InChI=1S/C16H20Cl2N2O/c17-11-4-5-14(18)13(8-11)16(21)20-15-9-2-1-3-10(15)7-12(19)6-9/h4-5,8-10,12,15H,1-3,6-7,19H2,(H,20,21). The molecule has 114 valence electrons. The van der Waals surface area contributed by atoms with Gasteiger partial charge in [0.1, 0.15) is 0 Å². The van der Waals surface area contributed by atoms with Gasteiger partial charge < -0.3 is 11.1 Å². The monoisotopic (exact) mass is 326 g/mol. The highest BCUT2D eigenvalue weighted by atomic mass is 35.5. The molecule has 2 atom stereocenters. The van der Waals surface area contributed by atoms with E-state index in [1.54, 1.807) is 18.2 Å². The molecule has 0 saturated heterocycles. The number of carbonyl (C=O) groups excluding carboxylic acids is 1. The van der Waals surface area contributed by atoms with Crippen LogP contribution in [-0.4, -0.2) is 18.0 Å². The predicted molar refractivity (Wildman–Crippen MR) is 85.8 cm³/mol. The smallest absolute Gasteiger partial charge is 0.253 e. The average molecular weight is 327 g/mol. The lowest BCUT2D eigenvalue weighted by molar-refractivity contribution is 0.0756. The largest absolute Gasteiger partial charge is 0.349 e. The molecule has 0 heterocycles. The lowest BCUT2D eigenvalue weighted by atomic mass is 9.67. The van der Waals surface area contributed by atoms with E-state index < -0.39 is 0 Å². The first-order valence-electron chi connectivity index (χ1n) is 7.56. The van der Waals surface area contributed by atoms with Gasteiger partial charge in [0.15, 0.2) is 0 Å². The number of benzene rings is 1. The molecule has 0 aliphatic heterocycles. The SMILES string of the molecule is NC1CC2CCCC(C1)C2NC(=O)c1cc(Cl)ccc1Cl. The van der Waals surface area contributed by atoms with Gasteiger partial charge in [0.25, 0.3) is 5.91 Å². The molecule has 3 nitrogen and oxygen atoms in total. The minimum atomic E-state index is -0.125. The zero-order valence-corrected chi connectivity index (χ0v) is 13.3. The Morgan fingerprint density at radius 3 is 2.52 bits per heavy atom. The lowest BCUT2D eigenvalue weighted by Crippen LogP contribution is -2.53. The van der Waals surface area contributed by atoms with Crippen molar-refractivity contribution in [3.05, 3.63) is 33.8 Å². The first-order valence-corrected chi connectivity index (χ1v) is 8.31. The Balaban J connectivity index is 1.76. The second-order valence-electron chi connectivity index (χ2n) is 6.31. The number of carbonyl (C=O) groups is 1. The summed E-state index contributed by atoms with van der Waals surface area (Å²) in [7, 11) is 0. The number of halogens is 2. The van der Waals surface area contributed by atoms with Crippen LogP contribution in [0.2, 0.25) is 10.0 Å². The average Bonchev–Trinajstić information content (AvgIpc) is 2.42. The third-order valence-corrected chi connectivity index (χ3v) is 5.41. The molecule has 1 aromatic rings. The van der Waals surface area contributed by atoms with E-state index in [9.17, 15) is 4.79 Å². The number of rotatable bonds is 2. The fraction of sp³-hybridized carbons (Fsp3) is 0.562. The molecule has 0 aromatic heterocycles. The maximum absolute atomic E-state index is 12.5. The Labute approximate surface area is 135 Å². The summed E-state index contributed by atoms with van der Waals surface area (Å²) in [6.45, 7) is 0. The number of amides is 1. The van der Waals surface area contributed by atoms with E-state index in [0.717, 1.165) is 25.7 Å². The molecule has 2 bridgehead atoms. The molecule has 2 fully saturated rings. The fourth-order valence-electron chi connectivity index (χ4n) is 3.93. The molecule has 1 aromatic carbocycles. The number of nitrogens with one attached hydrogen (secondary N) is 1. The fourth-order valence-corrected chi connectivity index (χ4v) is 4.30. The van der Waals surface area contributed by atoms with Crippen LogP contribution in [0.4, 0.5) is 0 Å². The number of hydrogen-bond acceptors (Lipinski definition) is 2. The summed E-state index contributed by atoms with van der Waals surface area (Å²) in [5.41, 5.74) is 6.58. The van der Waals surface area contributed by atoms with Crippen LogP contribution < -0.4 is 11.1 Å². The van der Waals surface area contributed by atoms with Crippen molar-refractivity contribution < 1.29 is 4.79 Å². The Kier molecular flexibility index (Phi) is 4.43. The lowest BCUT2D eigenvalue weighted by Gasteiger charge is -2.45. The van der Waals surface area contributed by atoms with E-state index in [1.807, 2.05) is 0 Å². The van der Waals surface area contributed by atoms with Crippen LogP contribution in [0.5, 0.6) is 0 Å². The quantitative estimate of drug-likeness (QED) is 0.871. The van der Waals surface area contributed by atoms with Gasteiger partial charge in [-0.25, -0.2) is 0 Å². The van der Waals surface area contributed by atoms with Crippen molar-refractivity contribution in [3.8, 4) is 0 Å². The highest BCUT2D eigenvalue weighted by molar-refractivity contribution is 6.35. The van der Waals surface area contributed by atoms with E-state index in [2.05, 4.69) is 5.32 Å². The van der Waals surface area contributed by atoms with Crippen molar-refractivity contribution in [2.45, 2.75) is 44.2 Å². The zero-order chi connectivity index (χ0) is 15.0. The summed E-state index contributed by atoms with van der Waals surface area (Å²) in [5, 5.41) is 4.15. The van der Waals surface area contributed by atoms with Crippen molar-refractivity contribution in [1.29, 1.82) is 0 Å². The third-order valence-electron chi connectivity index (χ3n) is 4.85. The second-order valence-corrected chi connectivity index (χ2v) is 7.15. The number of nitrogens with two attached hydrogens (primary N) is 1. The minimum absolute atomic E-state index is 0.125. The van der Waals surface area contributed by atoms with Crippen molar-refractivity contribution in [2.24, 2.45) is 17.6 Å². The molecule has 0 spiro atoms. The van der Waals surface area contributed by atoms with Crippen LogP contribution >= 0.6 is 23.2 Å². The molecule has 2 saturated carbocycles. The van der Waals surface area contributed by atoms with Crippen molar-refractivity contribution >= 4 is 29.1 Å². The van der Waals surface area contributed by atoms with E-state index >= 15 is 0 Å². The topological polar surface area (TPSA) is 55.1 Å². The molecular weight excluding hydrogens is 307 g/mol. The van der Waals surface area contributed by atoms with Crippen molar-refractivity contribution in [3.63, 3.8) is 0 Å². The Bertz CT molecular complexity index is 535. The third kappa shape index (κ3) is 3.20. The summed E-state index contributed by atoms with van der Waals surface area (Å²) < 4.78 is 0. The molecule has 2 aliphatic carbocycles. The summed E-state index contributed by atoms with van der Waals surface area (Å²) in [6, 6.07) is 5.49. The van der Waals surface area contributed by atoms with Gasteiger partial charge in [-0.2, -0.15) is 0 Å². The van der Waals surface area contributed by atoms with Crippen LogP contribution in [-0.2, 0) is 0 Å². The number of hydrogen-bond donors (Lipinski definition) is 2. The minimum Gasteiger partial charge on any atom is -0.349 e. The highest BCUT2D eigenvalue weighted by Crippen LogP contribution is 2.39. The van der Waals surface area contributed by atoms with E-state index in [0.29, 0.717) is 27.4 Å². The van der Waals surface area contributed by atoms with Gasteiger partial charge in [0.2, 0.25) is 0 Å². The Morgan fingerprint density at radius 2 is 1.86 bits per heavy atom. The molecule has 3 N–H and O–H groups in total. The van der Waals surface area contributed by atoms with Crippen LogP contribution in [0.3, 0.4) is 0 Å². The molecule has 5 heteroatoms. The number of fused-ring (bicyclic) bond motifs is 2. The molecule has 2 aliphatic rings. The normalized spacial score (nSPS) is 31.8. The van der Waals surface area contributed by atoms with Crippen LogP contribution in [0.15, 0.2) is 18.2 Å². The van der Waals surface area contributed by atoms with Gasteiger partial charge in [-0.05, 0) is 55.7 Å². The van der Waals surface area contributed by atoms with E-state index in [4.69, 9.17) is 28.9 Å². The molecule has 2 unspecified atom stereocenters. The van der Waals surface area contributed by atoms with Crippen LogP contribution in [0.1, 0.15) is 42.5 Å². The van der Waals surface area contributed by atoms with Gasteiger partial charge in [0.05, 0.1) is 10.6 Å². The van der Waals surface area contributed by atoms with Crippen LogP contribution in [0, 0.1) is 11.8 Å². The molecule has 0 radical (unpaired) electrons. The zero-order valence-electron chi connectivity index (χ0n) is 11.8. The van der Waals surface area contributed by atoms with E-state index in [1.165, 1.54) is 6.42 Å². The molecule has 21 heavy (non-hydrogen) atoms. The molecule has 3 rings (SSSR count). The van der Waals surface area contributed by atoms with Gasteiger partial charge >= 0.3 is 0 Å². The summed E-state index contributed by atoms with van der Waals surface area (Å²) >= 11 is 12.1. The molecular formula is C16H20Cl2N2O. The van der Waals surface area contributed by atoms with Crippen molar-refractivity contribution in [2.75, 3.05) is 0 Å². The van der Waals surface area contributed by atoms with Gasteiger partial charge in [-0.3, -0.25) is 4.79 Å². The Morgan fingerprint density at radius 1 is 1.19 bits per heavy atom. The Hall–Kier alpha value is -0.770. The van der Waals surface area contributed by atoms with E-state index in [-0.39, 0.29) is 18.0 Å². The van der Waals surface area contributed by atoms with Crippen molar-refractivity contribution in [1.82, 2.24) is 5.32 Å². The first-order chi connectivity index (χ1) is 10.0. The summed E-state index contributed by atoms with van der Waals surface area (Å²) in [4.78, 5) is 12.5. The molecule has 1 amide bonds. The maximum atomic E-state index is 12.5. The summed E-state index contributed by atoms with van der Waals surface area (Å²) in [5.74, 6) is 0.865. The predicted octanol–water partition coefficient (Wildman–Crippen LogP) is 3.63. The van der Waals surface area contributed by atoms with Gasteiger partial charge in [-0.1, -0.05) is 29.6 Å². The maximum Gasteiger partial charge on any atom is 0.253 e. The summed E-state index contributed by atoms with van der Waals surface area (Å²) in [6.07, 6.45) is 5.55. The van der Waals surface area contributed by atoms with Gasteiger partial charge in [0, 0.05) is 17.1 Å². The van der Waals surface area contributed by atoms with Gasteiger partial charge in [-0.15, -0.1) is 0 Å². The highest BCUT2D eigenvalue weighted by Gasteiger charge is 2.40. The second kappa shape index (κ2) is 6.15. The first kappa shape index (κ1) is 15.1. The van der Waals surface area contributed by atoms with Crippen LogP contribution in [0.25, 0.3) is 0 Å².